The van der Waals surface area contributed by atoms with Crippen molar-refractivity contribution in [3.8, 4) is 28.7 Å². The topological polar surface area (TPSA) is 112 Å². The number of hydrogen-bond donors (Lipinski definition) is 2. The smallest absolute Gasteiger partial charge is 0.329 e. The maximum atomic E-state index is 12.7. The fourth-order valence-electron chi connectivity index (χ4n) is 3.55. The molecule has 0 aliphatic rings. The number of nitrogens with zero attached hydrogens (tertiary/aromatic N) is 1. The molecule has 0 aliphatic heterocycles. The van der Waals surface area contributed by atoms with E-state index in [-0.39, 0.29) is 5.56 Å². The molecule has 36 heavy (non-hydrogen) atoms. The number of methoxy groups -OCH3 is 3. The van der Waals surface area contributed by atoms with Crippen LogP contribution in [0.15, 0.2) is 59.0 Å². The highest BCUT2D eigenvalue weighted by molar-refractivity contribution is 8.12. The van der Waals surface area contributed by atoms with Crippen molar-refractivity contribution >= 4 is 39.9 Å². The zero-order valence-corrected chi connectivity index (χ0v) is 21.0. The van der Waals surface area contributed by atoms with Crippen molar-refractivity contribution in [1.29, 1.82) is 0 Å². The second kappa shape index (κ2) is 11.0. The average molecular weight is 508 g/mol. The molecule has 3 aromatic carbocycles. The predicted octanol–water partition coefficient (Wildman–Crippen LogP) is 5.69. The summed E-state index contributed by atoms with van der Waals surface area (Å²) in [5.41, 5.74) is 4.15. The van der Waals surface area contributed by atoms with Crippen molar-refractivity contribution in [2.75, 3.05) is 26.6 Å². The maximum Gasteiger partial charge on any atom is 0.329 e. The van der Waals surface area contributed by atoms with Crippen molar-refractivity contribution in [3.05, 3.63) is 65.7 Å². The SMILES string of the molecule is CCc1ccc2oc(-c3cccc(NC(=O)NSC(=O)c4cc(OC)c(OC)c(OC)c4)c3)nc2c1. The fourth-order valence-corrected chi connectivity index (χ4v) is 4.03. The van der Waals surface area contributed by atoms with Crippen LogP contribution in [0.5, 0.6) is 17.2 Å². The van der Waals surface area contributed by atoms with E-state index in [9.17, 15) is 9.59 Å². The Kier molecular flexibility index (Phi) is 7.65. The highest BCUT2D eigenvalue weighted by atomic mass is 32.2. The molecule has 0 aliphatic carbocycles. The zero-order valence-electron chi connectivity index (χ0n) is 20.2. The van der Waals surface area contributed by atoms with Gasteiger partial charge in [-0.1, -0.05) is 19.1 Å². The van der Waals surface area contributed by atoms with E-state index in [0.717, 1.165) is 11.9 Å². The molecule has 0 saturated carbocycles. The van der Waals surface area contributed by atoms with Gasteiger partial charge in [-0.3, -0.25) is 9.52 Å². The summed E-state index contributed by atoms with van der Waals surface area (Å²) >= 11 is 0.632. The van der Waals surface area contributed by atoms with Gasteiger partial charge in [0, 0.05) is 28.8 Å². The standard InChI is InChI=1S/C26H25N3O6S/c1-5-15-9-10-20-19(11-15)28-24(35-20)16-7-6-8-18(12-16)27-26(31)29-36-25(30)17-13-21(32-2)23(34-4)22(14-17)33-3/h6-14H,5H2,1-4H3,(H2,27,29,31). The molecular formula is C26H25N3O6S. The molecule has 0 spiro atoms. The van der Waals surface area contributed by atoms with Crippen molar-refractivity contribution in [2.45, 2.75) is 13.3 Å². The van der Waals surface area contributed by atoms with Crippen LogP contribution in [-0.4, -0.2) is 37.5 Å². The van der Waals surface area contributed by atoms with Crippen LogP contribution in [-0.2, 0) is 6.42 Å². The van der Waals surface area contributed by atoms with Gasteiger partial charge in [-0.15, -0.1) is 0 Å². The first kappa shape index (κ1) is 24.9. The number of benzene rings is 3. The second-order valence-electron chi connectivity index (χ2n) is 7.62. The largest absolute Gasteiger partial charge is 0.493 e. The van der Waals surface area contributed by atoms with Crippen molar-refractivity contribution in [3.63, 3.8) is 0 Å². The Bertz CT molecular complexity index is 1390. The Morgan fingerprint density at radius 1 is 0.972 bits per heavy atom. The van der Waals surface area contributed by atoms with E-state index in [2.05, 4.69) is 21.9 Å². The fraction of sp³-hybridized carbons (Fsp3) is 0.192. The first-order valence-corrected chi connectivity index (χ1v) is 11.9. The van der Waals surface area contributed by atoms with Crippen LogP contribution in [0.3, 0.4) is 0 Å². The molecule has 10 heteroatoms. The van der Waals surface area contributed by atoms with Crippen LogP contribution in [0.4, 0.5) is 10.5 Å². The van der Waals surface area contributed by atoms with Crippen LogP contribution in [0.2, 0.25) is 0 Å². The molecule has 1 heterocycles. The highest BCUT2D eigenvalue weighted by Crippen LogP contribution is 2.38. The second-order valence-corrected chi connectivity index (χ2v) is 8.39. The third kappa shape index (κ3) is 5.38. The molecule has 0 atom stereocenters. The lowest BCUT2D eigenvalue weighted by Crippen LogP contribution is -2.24. The van der Waals surface area contributed by atoms with Gasteiger partial charge in [0.1, 0.15) is 5.52 Å². The number of aryl methyl sites for hydroxylation is 1. The molecule has 2 amide bonds. The number of carbonyl (C=O) groups is 2. The van der Waals surface area contributed by atoms with E-state index in [1.807, 2.05) is 24.3 Å². The van der Waals surface area contributed by atoms with Gasteiger partial charge >= 0.3 is 6.03 Å². The summed E-state index contributed by atoms with van der Waals surface area (Å²) in [6, 6.07) is 15.5. The highest BCUT2D eigenvalue weighted by Gasteiger charge is 2.18. The number of carbonyl (C=O) groups excluding carboxylic acids is 2. The number of rotatable bonds is 7. The van der Waals surface area contributed by atoms with E-state index in [4.69, 9.17) is 18.6 Å². The van der Waals surface area contributed by atoms with Crippen molar-refractivity contribution in [1.82, 2.24) is 9.71 Å². The number of hydrogen-bond acceptors (Lipinski definition) is 8. The van der Waals surface area contributed by atoms with Crippen LogP contribution in [0, 0.1) is 0 Å². The van der Waals surface area contributed by atoms with Crippen molar-refractivity contribution in [2.24, 2.45) is 0 Å². The first-order valence-electron chi connectivity index (χ1n) is 11.0. The third-order valence-electron chi connectivity index (χ3n) is 5.36. The lowest BCUT2D eigenvalue weighted by Gasteiger charge is -2.13. The minimum absolute atomic E-state index is 0.277. The average Bonchev–Trinajstić information content (AvgIpc) is 3.34. The summed E-state index contributed by atoms with van der Waals surface area (Å²) in [6.07, 6.45) is 0.909. The molecule has 4 rings (SSSR count). The molecular weight excluding hydrogens is 482 g/mol. The van der Waals surface area contributed by atoms with Crippen molar-refractivity contribution < 1.29 is 28.2 Å². The Hall–Kier alpha value is -4.18. The monoisotopic (exact) mass is 507 g/mol. The minimum atomic E-state index is -0.567. The third-order valence-corrected chi connectivity index (χ3v) is 6.07. The number of oxazole rings is 1. The van der Waals surface area contributed by atoms with Gasteiger partial charge in [-0.25, -0.2) is 9.78 Å². The molecule has 0 unspecified atom stereocenters. The number of nitrogens with one attached hydrogen (secondary N) is 2. The van der Waals surface area contributed by atoms with Crippen LogP contribution in [0.25, 0.3) is 22.6 Å². The molecule has 2 N–H and O–H groups in total. The Balaban J connectivity index is 1.42. The maximum absolute atomic E-state index is 12.7. The molecule has 4 aromatic rings. The van der Waals surface area contributed by atoms with Crippen LogP contribution in [0.1, 0.15) is 22.8 Å². The van der Waals surface area contributed by atoms with Gasteiger partial charge in [0.2, 0.25) is 16.8 Å². The summed E-state index contributed by atoms with van der Waals surface area (Å²) in [5, 5.41) is 2.31. The number of amides is 2. The summed E-state index contributed by atoms with van der Waals surface area (Å²) in [6.45, 7) is 2.08. The first-order chi connectivity index (χ1) is 17.4. The van der Waals surface area contributed by atoms with E-state index in [0.29, 0.717) is 51.9 Å². The number of aromatic nitrogens is 1. The predicted molar refractivity (Wildman–Crippen MR) is 139 cm³/mol. The number of ether oxygens (including phenoxy) is 3. The van der Waals surface area contributed by atoms with Gasteiger partial charge in [0.05, 0.1) is 21.3 Å². The van der Waals surface area contributed by atoms with Gasteiger partial charge in [0.25, 0.3) is 0 Å². The number of anilines is 1. The quantitative estimate of drug-likeness (QED) is 0.307. The van der Waals surface area contributed by atoms with Crippen LogP contribution < -0.4 is 24.2 Å². The van der Waals surface area contributed by atoms with Gasteiger partial charge in [0.15, 0.2) is 17.1 Å². The zero-order chi connectivity index (χ0) is 25.7. The Labute approximate surface area is 212 Å². The lowest BCUT2D eigenvalue weighted by molar-refractivity contribution is 0.108. The number of fused-ring (bicyclic) bond motifs is 1. The number of urea groups is 1. The molecule has 1 aromatic heterocycles. The van der Waals surface area contributed by atoms with E-state index < -0.39 is 11.1 Å². The van der Waals surface area contributed by atoms with Gasteiger partial charge in [-0.2, -0.15) is 0 Å². The molecule has 0 radical (unpaired) electrons. The molecule has 9 nitrogen and oxygen atoms in total. The molecule has 0 saturated heterocycles. The summed E-state index contributed by atoms with van der Waals surface area (Å²) in [5.74, 6) is 1.51. The normalized spacial score (nSPS) is 10.7. The van der Waals surface area contributed by atoms with Crippen LogP contribution >= 0.6 is 11.9 Å². The van der Waals surface area contributed by atoms with E-state index >= 15 is 0 Å². The Morgan fingerprint density at radius 2 is 1.72 bits per heavy atom. The lowest BCUT2D eigenvalue weighted by atomic mass is 10.1. The van der Waals surface area contributed by atoms with Gasteiger partial charge in [-0.05, 0) is 54.4 Å². The molecule has 0 bridgehead atoms. The molecule has 0 fully saturated rings. The Morgan fingerprint density at radius 3 is 2.39 bits per heavy atom. The van der Waals surface area contributed by atoms with E-state index in [1.165, 1.54) is 39.0 Å². The summed E-state index contributed by atoms with van der Waals surface area (Å²) in [7, 11) is 4.40. The molecule has 186 valence electrons. The van der Waals surface area contributed by atoms with Gasteiger partial charge < -0.3 is 23.9 Å². The summed E-state index contributed by atoms with van der Waals surface area (Å²) in [4.78, 5) is 29.7. The minimum Gasteiger partial charge on any atom is -0.493 e. The van der Waals surface area contributed by atoms with E-state index in [1.54, 1.807) is 18.2 Å². The summed E-state index contributed by atoms with van der Waals surface area (Å²) < 4.78 is 24.2.